The van der Waals surface area contributed by atoms with Crippen molar-refractivity contribution in [3.8, 4) is 18.1 Å². The van der Waals surface area contributed by atoms with Gasteiger partial charge >= 0.3 is 0 Å². The number of sulfonamides is 1. The summed E-state index contributed by atoms with van der Waals surface area (Å²) in [5.74, 6) is 1.71. The first-order valence-electron chi connectivity index (χ1n) is 24.7. The molecule has 0 spiro atoms. The number of allylic oxidation sites excluding steroid dienone is 6. The summed E-state index contributed by atoms with van der Waals surface area (Å²) in [5, 5.41) is 12.0. The van der Waals surface area contributed by atoms with Crippen molar-refractivity contribution in [1.29, 1.82) is 0 Å². The van der Waals surface area contributed by atoms with Gasteiger partial charge in [-0.1, -0.05) is 73.6 Å². The van der Waals surface area contributed by atoms with E-state index in [1.807, 2.05) is 86.9 Å². The van der Waals surface area contributed by atoms with E-state index in [2.05, 4.69) is 51.0 Å². The van der Waals surface area contributed by atoms with E-state index in [-0.39, 0.29) is 66.1 Å². The van der Waals surface area contributed by atoms with Crippen LogP contribution in [-0.2, 0) is 64.9 Å². The molecule has 0 saturated heterocycles. The zero-order chi connectivity index (χ0) is 54.2. The maximum atomic E-state index is 13.8. The van der Waals surface area contributed by atoms with Crippen molar-refractivity contribution < 1.29 is 49.5 Å². The minimum Gasteiger partial charge on any atom is -0.490 e. The summed E-state index contributed by atoms with van der Waals surface area (Å²) in [6.07, 6.45) is 16.9. The Morgan fingerprint density at radius 2 is 1.71 bits per heavy atom. The lowest BCUT2D eigenvalue weighted by molar-refractivity contribution is -0.425. The van der Waals surface area contributed by atoms with Crippen molar-refractivity contribution in [2.45, 2.75) is 81.8 Å². The number of anilines is 2. The molecule has 3 aliphatic heterocycles. The number of aromatic nitrogens is 3. The van der Waals surface area contributed by atoms with Gasteiger partial charge in [-0.3, -0.25) is 23.5 Å². The molecule has 0 radical (unpaired) electrons. The van der Waals surface area contributed by atoms with Gasteiger partial charge in [-0.25, -0.2) is 8.42 Å². The van der Waals surface area contributed by atoms with Crippen LogP contribution >= 0.6 is 0 Å². The smallest absolute Gasteiger partial charge is 0.298 e. The summed E-state index contributed by atoms with van der Waals surface area (Å²) in [4.78, 5) is 29.1. The standard InChI is InChI=1S/C56H58N8O10S2/c1-8-52(66)61-34-39-32-58-64(45(39)35-61)33-38-29-37(3)53-47(30-38)74-59-54(53)60-75(67,68)48-20-16-15-19-46(48)73-28-27-72-26-25-57-51(65)36-63-43-18-14-13-17-41(43)55(4,5)50(63)22-12-10-11-21-49-56(6,7)42-31-40(76(69,70)71)23-24-44(42)62(49)9-2/h1,10-24,29-32H,9,25-28,33-36H2,2-7H3,(H2-,57,59,60,65,69,70,71)/p+1. The predicted octanol–water partition coefficient (Wildman–Crippen LogP) is 7.31. The number of benzene rings is 4. The molecule has 3 N–H and O–H groups in total. The van der Waals surface area contributed by atoms with Crippen LogP contribution in [0.1, 0.15) is 68.1 Å². The van der Waals surface area contributed by atoms with Crippen molar-refractivity contribution in [2.24, 2.45) is 0 Å². The number of amides is 2. The number of fused-ring (bicyclic) bond motifs is 4. The second kappa shape index (κ2) is 21.1. The number of aryl methyl sites for hydroxylation is 1. The molecule has 0 bridgehead atoms. The Labute approximate surface area is 442 Å². The summed E-state index contributed by atoms with van der Waals surface area (Å²) < 4.78 is 85.0. The van der Waals surface area contributed by atoms with Gasteiger partial charge in [0.1, 0.15) is 17.3 Å². The Morgan fingerprint density at radius 3 is 2.49 bits per heavy atom. The molecular weight excluding hydrogens is 1010 g/mol. The molecular formula is C56H59N8O10S2+. The summed E-state index contributed by atoms with van der Waals surface area (Å²) >= 11 is 0. The van der Waals surface area contributed by atoms with Crippen molar-refractivity contribution in [2.75, 3.05) is 49.1 Å². The van der Waals surface area contributed by atoms with Gasteiger partial charge in [0, 0.05) is 53.2 Å². The highest BCUT2D eigenvalue weighted by molar-refractivity contribution is 7.92. The van der Waals surface area contributed by atoms with Crippen LogP contribution in [-0.4, -0.2) is 103 Å². The molecule has 0 aliphatic carbocycles. The Balaban J connectivity index is 0.779. The summed E-state index contributed by atoms with van der Waals surface area (Å²) in [7, 11) is -8.57. The molecule has 20 heteroatoms. The van der Waals surface area contributed by atoms with E-state index in [4.69, 9.17) is 20.4 Å². The van der Waals surface area contributed by atoms with Gasteiger partial charge < -0.3 is 29.1 Å². The molecule has 76 heavy (non-hydrogen) atoms. The molecule has 6 aromatic rings. The highest BCUT2D eigenvalue weighted by Crippen LogP contribution is 2.48. The third-order valence-corrected chi connectivity index (χ3v) is 16.3. The average Bonchev–Trinajstić information content (AvgIpc) is 4.31. The third kappa shape index (κ3) is 10.4. The first-order valence-corrected chi connectivity index (χ1v) is 27.6. The highest BCUT2D eigenvalue weighted by Gasteiger charge is 2.45. The monoisotopic (exact) mass is 1070 g/mol. The summed E-state index contributed by atoms with van der Waals surface area (Å²) in [5.41, 5.74) is 8.47. The highest BCUT2D eigenvalue weighted by atomic mass is 32.2. The van der Waals surface area contributed by atoms with Crippen LogP contribution < -0.4 is 19.7 Å². The zero-order valence-electron chi connectivity index (χ0n) is 43.0. The second-order valence-electron chi connectivity index (χ2n) is 19.7. The van der Waals surface area contributed by atoms with Crippen molar-refractivity contribution in [3.63, 3.8) is 0 Å². The fraction of sp³-hybridized carbons (Fsp3) is 0.304. The van der Waals surface area contributed by atoms with E-state index in [0.717, 1.165) is 56.3 Å². The molecule has 2 amide bonds. The predicted molar refractivity (Wildman–Crippen MR) is 288 cm³/mol. The minimum absolute atomic E-state index is 0.0250. The fourth-order valence-electron chi connectivity index (χ4n) is 10.3. The number of carbonyl (C=O) groups is 2. The SMILES string of the molecule is C#CC(=O)N1Cc2cnn(Cc3cc(C)c4c(NS(=O)(=O)c5ccccc5OCCOCCNC(=O)C[N+]5=C(C=CC=CC=C6N(CC)c7ccc(S(=O)(=O)O)cc7C6(C)C)C(C)(C)c6ccccc65)noc4c3)c2C1. The van der Waals surface area contributed by atoms with E-state index >= 15 is 0 Å². The van der Waals surface area contributed by atoms with Crippen LogP contribution in [0, 0.1) is 19.3 Å². The van der Waals surface area contributed by atoms with Crippen LogP contribution in [0.15, 0.2) is 135 Å². The van der Waals surface area contributed by atoms with E-state index < -0.39 is 31.0 Å². The molecule has 0 unspecified atom stereocenters. The topological polar surface area (TPSA) is 219 Å². The first kappa shape index (κ1) is 53.0. The molecule has 0 saturated carbocycles. The van der Waals surface area contributed by atoms with Gasteiger partial charge in [0.25, 0.3) is 32.0 Å². The van der Waals surface area contributed by atoms with Gasteiger partial charge in [0.2, 0.25) is 12.2 Å². The van der Waals surface area contributed by atoms with Gasteiger partial charge in [0.05, 0.1) is 60.4 Å². The first-order chi connectivity index (χ1) is 36.2. The second-order valence-corrected chi connectivity index (χ2v) is 22.8. The van der Waals surface area contributed by atoms with Gasteiger partial charge in [0.15, 0.2) is 17.1 Å². The number of nitrogens with one attached hydrogen (secondary N) is 2. The number of likely N-dealkylation sites (N-methyl/N-ethyl adjacent to an activating group) is 1. The number of carbonyl (C=O) groups excluding carboxylic acids is 2. The molecule has 18 nitrogen and oxygen atoms in total. The van der Waals surface area contributed by atoms with E-state index in [0.29, 0.717) is 37.1 Å². The van der Waals surface area contributed by atoms with E-state index in [1.54, 1.807) is 52.2 Å². The quantitative estimate of drug-likeness (QED) is 0.0239. The molecule has 3 aliphatic rings. The lowest BCUT2D eigenvalue weighted by Gasteiger charge is -2.25. The van der Waals surface area contributed by atoms with Gasteiger partial charge in [-0.05, 0) is 92.8 Å². The molecule has 5 heterocycles. The number of terminal acetylenes is 1. The van der Waals surface area contributed by atoms with E-state index in [9.17, 15) is 31.0 Å². The van der Waals surface area contributed by atoms with Crippen LogP contribution in [0.4, 0.5) is 17.2 Å². The van der Waals surface area contributed by atoms with Crippen molar-refractivity contribution >= 4 is 65.8 Å². The Bertz CT molecular complexity index is 3690. The average molecular weight is 1070 g/mol. The van der Waals surface area contributed by atoms with Crippen molar-refractivity contribution in [3.05, 3.63) is 155 Å². The number of nitrogens with zero attached hydrogens (tertiary/aromatic N) is 6. The number of hydrogen-bond donors (Lipinski definition) is 3. The molecule has 0 fully saturated rings. The molecule has 4 aromatic carbocycles. The summed E-state index contributed by atoms with van der Waals surface area (Å²) in [6.45, 7) is 14.6. The summed E-state index contributed by atoms with van der Waals surface area (Å²) in [6, 6.07) is 22.6. The maximum absolute atomic E-state index is 13.8. The van der Waals surface area contributed by atoms with Crippen LogP contribution in [0.5, 0.6) is 5.75 Å². The Kier molecular flexibility index (Phi) is 14.7. The number of rotatable bonds is 19. The normalized spacial score (nSPS) is 16.2. The molecule has 2 aromatic heterocycles. The van der Waals surface area contributed by atoms with Gasteiger partial charge in [-0.2, -0.15) is 18.1 Å². The van der Waals surface area contributed by atoms with E-state index in [1.165, 1.54) is 12.1 Å². The lowest BCUT2D eigenvalue weighted by atomic mass is 9.81. The lowest BCUT2D eigenvalue weighted by Crippen LogP contribution is -2.36. The third-order valence-electron chi connectivity index (χ3n) is 14.0. The van der Waals surface area contributed by atoms with Crippen LogP contribution in [0.3, 0.4) is 0 Å². The minimum atomic E-state index is -4.36. The number of ether oxygens (including phenoxy) is 2. The van der Waals surface area contributed by atoms with Gasteiger partial charge in [-0.15, -0.1) is 6.42 Å². The number of para-hydroxylation sites is 2. The molecule has 394 valence electrons. The fourth-order valence-corrected chi connectivity index (χ4v) is 12.0. The van der Waals surface area contributed by atoms with Crippen LogP contribution in [0.2, 0.25) is 0 Å². The molecule has 0 atom stereocenters. The molecule has 9 rings (SSSR count). The number of hydrogen-bond acceptors (Lipinski definition) is 12. The maximum Gasteiger partial charge on any atom is 0.298 e. The largest absolute Gasteiger partial charge is 0.490 e. The van der Waals surface area contributed by atoms with Crippen LogP contribution in [0.25, 0.3) is 11.0 Å². The zero-order valence-corrected chi connectivity index (χ0v) is 44.7. The van der Waals surface area contributed by atoms with Crippen molar-refractivity contribution in [1.82, 2.24) is 25.2 Å². The Morgan fingerprint density at radius 1 is 0.934 bits per heavy atom. The Hall–Kier alpha value is -7.83.